The van der Waals surface area contributed by atoms with Gasteiger partial charge in [0.1, 0.15) is 17.2 Å². The van der Waals surface area contributed by atoms with Crippen molar-refractivity contribution in [2.24, 2.45) is 0 Å². The van der Waals surface area contributed by atoms with Crippen LogP contribution in [0.25, 0.3) is 21.5 Å². The van der Waals surface area contributed by atoms with Crippen LogP contribution in [0, 0.1) is 0 Å². The van der Waals surface area contributed by atoms with E-state index in [0.717, 1.165) is 44.1 Å². The molecule has 0 N–H and O–H groups in total. The average molecular weight is 361 g/mol. The average Bonchev–Trinajstić information content (AvgIpc) is 2.57. The molecule has 22 heavy (non-hydrogen) atoms. The number of hydrogen-bond donors (Lipinski definition) is 0. The maximum absolute atomic E-state index is 5.55. The van der Waals surface area contributed by atoms with Gasteiger partial charge in [0.2, 0.25) is 0 Å². The van der Waals surface area contributed by atoms with Gasteiger partial charge in [-0.05, 0) is 40.6 Å². The summed E-state index contributed by atoms with van der Waals surface area (Å²) in [6.45, 7) is 0. The smallest absolute Gasteiger partial charge is 0.130 e. The van der Waals surface area contributed by atoms with E-state index in [0.29, 0.717) is 0 Å². The predicted molar refractivity (Wildman–Crippen MR) is 93.7 cm³/mol. The SMILES string of the molecule is COc1cc(OC)c2cc3c(OC)cc(CBr)cc3cc2c1. The van der Waals surface area contributed by atoms with Crippen LogP contribution in [0.1, 0.15) is 5.56 Å². The Labute approximate surface area is 137 Å². The molecule has 0 radical (unpaired) electrons. The number of halogens is 1. The van der Waals surface area contributed by atoms with Crippen LogP contribution in [-0.2, 0) is 5.33 Å². The molecule has 3 aromatic carbocycles. The molecule has 0 spiro atoms. The standard InChI is InChI=1S/C18H17BrO3/c1-20-14-7-13-6-12-4-11(10-19)5-17(21-2)15(12)9-16(13)18(8-14)22-3/h4-9H,10H2,1-3H3. The molecule has 0 saturated carbocycles. The maximum atomic E-state index is 5.55. The Morgan fingerprint density at radius 1 is 0.727 bits per heavy atom. The van der Waals surface area contributed by atoms with Gasteiger partial charge in [-0.1, -0.05) is 22.0 Å². The van der Waals surface area contributed by atoms with Crippen molar-refractivity contribution < 1.29 is 14.2 Å². The Hall–Kier alpha value is -1.94. The second-order valence-corrected chi connectivity index (χ2v) is 5.62. The lowest BCUT2D eigenvalue weighted by atomic mass is 10.0. The predicted octanol–water partition coefficient (Wildman–Crippen LogP) is 4.91. The van der Waals surface area contributed by atoms with Crippen molar-refractivity contribution in [1.82, 2.24) is 0 Å². The summed E-state index contributed by atoms with van der Waals surface area (Å²) in [5.41, 5.74) is 1.18. The molecule has 0 atom stereocenters. The van der Waals surface area contributed by atoms with Crippen LogP contribution in [0.3, 0.4) is 0 Å². The minimum atomic E-state index is 0.785. The number of fused-ring (bicyclic) bond motifs is 2. The van der Waals surface area contributed by atoms with Crippen LogP contribution in [0.2, 0.25) is 0 Å². The Morgan fingerprint density at radius 2 is 1.36 bits per heavy atom. The van der Waals surface area contributed by atoms with Crippen molar-refractivity contribution in [2.75, 3.05) is 21.3 Å². The van der Waals surface area contributed by atoms with Gasteiger partial charge < -0.3 is 14.2 Å². The lowest BCUT2D eigenvalue weighted by molar-refractivity contribution is 0.398. The first-order valence-corrected chi connectivity index (χ1v) is 8.04. The molecular weight excluding hydrogens is 344 g/mol. The van der Waals surface area contributed by atoms with Crippen LogP contribution in [0.4, 0.5) is 0 Å². The fourth-order valence-corrected chi connectivity index (χ4v) is 3.05. The summed E-state index contributed by atoms with van der Waals surface area (Å²) >= 11 is 3.51. The zero-order valence-corrected chi connectivity index (χ0v) is 14.4. The van der Waals surface area contributed by atoms with E-state index >= 15 is 0 Å². The quantitative estimate of drug-likeness (QED) is 0.488. The highest BCUT2D eigenvalue weighted by Gasteiger charge is 2.10. The summed E-state index contributed by atoms with van der Waals surface area (Å²) in [5, 5.41) is 5.12. The first-order chi connectivity index (χ1) is 10.7. The first-order valence-electron chi connectivity index (χ1n) is 6.92. The van der Waals surface area contributed by atoms with E-state index in [9.17, 15) is 0 Å². The van der Waals surface area contributed by atoms with E-state index < -0.39 is 0 Å². The highest BCUT2D eigenvalue weighted by molar-refractivity contribution is 9.08. The van der Waals surface area contributed by atoms with E-state index in [1.54, 1.807) is 21.3 Å². The highest BCUT2D eigenvalue weighted by Crippen LogP contribution is 2.37. The third-order valence-electron chi connectivity index (χ3n) is 3.81. The molecule has 0 aliphatic carbocycles. The highest BCUT2D eigenvalue weighted by atomic mass is 79.9. The van der Waals surface area contributed by atoms with E-state index in [4.69, 9.17) is 14.2 Å². The van der Waals surface area contributed by atoms with E-state index in [-0.39, 0.29) is 0 Å². The van der Waals surface area contributed by atoms with Crippen molar-refractivity contribution in [3.05, 3.63) is 42.0 Å². The summed E-state index contributed by atoms with van der Waals surface area (Å²) < 4.78 is 16.4. The molecule has 114 valence electrons. The van der Waals surface area contributed by atoms with Crippen LogP contribution in [0.5, 0.6) is 17.2 Å². The van der Waals surface area contributed by atoms with Gasteiger partial charge >= 0.3 is 0 Å². The van der Waals surface area contributed by atoms with Crippen molar-refractivity contribution in [3.63, 3.8) is 0 Å². The summed E-state index contributed by atoms with van der Waals surface area (Å²) in [7, 11) is 5.03. The Morgan fingerprint density at radius 3 is 1.95 bits per heavy atom. The molecule has 3 aromatic rings. The Balaban J connectivity index is 2.39. The minimum Gasteiger partial charge on any atom is -0.497 e. The molecule has 0 aromatic heterocycles. The Kier molecular flexibility index (Phi) is 4.12. The minimum absolute atomic E-state index is 0.785. The van der Waals surface area contributed by atoms with Gasteiger partial charge in [0.25, 0.3) is 0 Å². The fourth-order valence-electron chi connectivity index (χ4n) is 2.72. The van der Waals surface area contributed by atoms with Gasteiger partial charge in [0, 0.05) is 22.2 Å². The van der Waals surface area contributed by atoms with Crippen molar-refractivity contribution in [1.29, 1.82) is 0 Å². The van der Waals surface area contributed by atoms with Gasteiger partial charge in [-0.25, -0.2) is 0 Å². The summed E-state index contributed by atoms with van der Waals surface area (Å²) in [4.78, 5) is 0. The summed E-state index contributed by atoms with van der Waals surface area (Å²) in [6, 6.07) is 12.4. The lowest BCUT2D eigenvalue weighted by Crippen LogP contribution is -1.91. The topological polar surface area (TPSA) is 27.7 Å². The largest absolute Gasteiger partial charge is 0.497 e. The van der Waals surface area contributed by atoms with Gasteiger partial charge in [-0.15, -0.1) is 0 Å². The number of rotatable bonds is 4. The molecule has 0 amide bonds. The third-order valence-corrected chi connectivity index (χ3v) is 4.46. The van der Waals surface area contributed by atoms with Gasteiger partial charge in [0.15, 0.2) is 0 Å². The second-order valence-electron chi connectivity index (χ2n) is 5.06. The van der Waals surface area contributed by atoms with Crippen molar-refractivity contribution >= 4 is 37.5 Å². The maximum Gasteiger partial charge on any atom is 0.130 e. The molecule has 3 nitrogen and oxygen atoms in total. The summed E-state index contributed by atoms with van der Waals surface area (Å²) in [6.07, 6.45) is 0. The third kappa shape index (κ3) is 2.48. The number of alkyl halides is 1. The molecule has 0 unspecified atom stereocenters. The van der Waals surface area contributed by atoms with Crippen molar-refractivity contribution in [3.8, 4) is 17.2 Å². The van der Waals surface area contributed by atoms with Gasteiger partial charge in [-0.2, -0.15) is 0 Å². The van der Waals surface area contributed by atoms with Crippen molar-refractivity contribution in [2.45, 2.75) is 5.33 Å². The van der Waals surface area contributed by atoms with Crippen LogP contribution in [-0.4, -0.2) is 21.3 Å². The van der Waals surface area contributed by atoms with Crippen LogP contribution < -0.4 is 14.2 Å². The molecule has 0 aliphatic heterocycles. The molecule has 0 fully saturated rings. The second kappa shape index (κ2) is 6.05. The molecule has 4 heteroatoms. The van der Waals surface area contributed by atoms with E-state index in [2.05, 4.69) is 40.2 Å². The zero-order chi connectivity index (χ0) is 15.7. The molecule has 3 rings (SSSR count). The number of benzene rings is 3. The van der Waals surface area contributed by atoms with E-state index in [1.807, 2.05) is 12.1 Å². The normalized spacial score (nSPS) is 10.9. The number of methoxy groups -OCH3 is 3. The van der Waals surface area contributed by atoms with Crippen LogP contribution >= 0.6 is 15.9 Å². The fraction of sp³-hybridized carbons (Fsp3) is 0.222. The zero-order valence-electron chi connectivity index (χ0n) is 12.8. The number of hydrogen-bond acceptors (Lipinski definition) is 3. The molecule has 0 aliphatic rings. The molecule has 0 bridgehead atoms. The van der Waals surface area contributed by atoms with Gasteiger partial charge in [0.05, 0.1) is 21.3 Å². The van der Waals surface area contributed by atoms with Crippen LogP contribution in [0.15, 0.2) is 36.4 Å². The number of ether oxygens (including phenoxy) is 3. The van der Waals surface area contributed by atoms with E-state index in [1.165, 1.54) is 5.56 Å². The lowest BCUT2D eigenvalue weighted by Gasteiger charge is -2.13. The first kappa shape index (κ1) is 15.0. The monoisotopic (exact) mass is 360 g/mol. The molecular formula is C18H17BrO3. The van der Waals surface area contributed by atoms with Gasteiger partial charge in [-0.3, -0.25) is 0 Å². The summed E-state index contributed by atoms with van der Waals surface area (Å²) in [5.74, 6) is 2.45. The Bertz CT molecular complexity index is 776. The molecule has 0 heterocycles. The molecule has 0 saturated heterocycles.